The molecule has 8 aromatic carbocycles. The number of nitrogens with one attached hydrogen (secondary N) is 11. The van der Waals surface area contributed by atoms with Crippen molar-refractivity contribution in [3.05, 3.63) is 328 Å². The van der Waals surface area contributed by atoms with Crippen molar-refractivity contribution in [2.75, 3.05) is 58.4 Å². The molecule has 56 heteroatoms. The quantitative estimate of drug-likeness (QED) is 0.0170. The Morgan fingerprint density at radius 2 is 0.690 bits per heavy atom. The number of nitrogens with two attached hydrogens (primary N) is 2. The molecule has 16 N–H and O–H groups in total. The van der Waals surface area contributed by atoms with E-state index in [9.17, 15) is 111 Å². The molecule has 0 atom stereocenters. The van der Waals surface area contributed by atoms with Gasteiger partial charge in [0.25, 0.3) is 79.8 Å². The van der Waals surface area contributed by atoms with Crippen LogP contribution < -0.4 is 89.8 Å². The number of hydrogen-bond donors (Lipinski definition) is 14. The second-order valence-electron chi connectivity index (χ2n) is 28.8. The maximum Gasteiger partial charge on any atom is 0.333 e. The number of sulfonamides is 4. The van der Waals surface area contributed by atoms with E-state index in [0.29, 0.717) is 32.4 Å². The van der Waals surface area contributed by atoms with Gasteiger partial charge in [-0.3, -0.25) is 57.1 Å². The van der Waals surface area contributed by atoms with Crippen LogP contribution in [0.4, 0.5) is 82.2 Å². The molecule has 0 bridgehead atoms. The molecule has 40 nitrogen and oxygen atoms in total. The molecule has 0 saturated carbocycles. The van der Waals surface area contributed by atoms with E-state index in [0.717, 1.165) is 114 Å². The van der Waals surface area contributed by atoms with Crippen LogP contribution in [-0.4, -0.2) is 119 Å². The molecule has 0 fully saturated rings. The summed E-state index contributed by atoms with van der Waals surface area (Å²) >= 11 is 25.9. The molecule has 16 rings (SSSR count). The standard InChI is InChI=1S/C22H17ClFN5O5S2.C22H15ClFN5O4S2.C21H15ClFN5O6S2.C21H14ClFN4O6S2/c1-26-11-2-4-13-14(8-11)15(20(25)30)10-29(21(13)31)17-5-3-12(9-16(17)24)27-22(32)28-36(33,34)19-7-6-18(23)35-19;1-26-13-2-4-15-16(8-13)12(10-25)11-29(21(15)30)18-5-3-14(9-17(18)24)27-22(31)28-35(32,33)20-7-6-19(23)34-20;1-24-11-2-4-13-14(8-11)17(28(31)32)10-27(20(13)29)16-5-3-12(9-15(16)23)25-21(30)26-36(33,34)19-7-6-18(22)35-19;22-15-7-8-16(34-15)35(32,33)26-21(31)25-10-5-6-14(13(23)9-10)27-17(19(24)29)18(28)11-3-1-2-4-12(11)20(27)30/h2-10,26H,1H3,(H2,25,30)(H2,27,28,32);2-9,11,26H,1H3,(H2,27,28,31);2-10,24H,1H3,(H2,25,26,30);1-9,28H,(H2,24,29)(H2,25,26,31). The van der Waals surface area contributed by atoms with Gasteiger partial charge in [-0.15, -0.1) is 45.3 Å². The average molecular weight is 2170 g/mol. The Morgan fingerprint density at radius 1 is 0.387 bits per heavy atom. The number of nitrogens with zero attached hydrogens (tertiary/aromatic N) is 6. The van der Waals surface area contributed by atoms with Crippen molar-refractivity contribution in [2.45, 2.75) is 16.8 Å². The number of nitriles is 1. The summed E-state index contributed by atoms with van der Waals surface area (Å²) in [5.74, 6) is -6.47. The lowest BCUT2D eigenvalue weighted by Crippen LogP contribution is -2.34. The summed E-state index contributed by atoms with van der Waals surface area (Å²) in [6, 6.07) is 40.6. The third kappa shape index (κ3) is 23.0. The van der Waals surface area contributed by atoms with Gasteiger partial charge in [-0.05, 0) is 182 Å². The lowest BCUT2D eigenvalue weighted by atomic mass is 10.1. The number of aromatic nitrogens is 4. The highest BCUT2D eigenvalue weighted by molar-refractivity contribution is 7.93. The minimum Gasteiger partial charge on any atom is -0.505 e. The SMILES string of the molecule is CNc1ccc2c(=O)n(-c3ccc(NC(=O)NS(=O)(=O)c4ccc(Cl)s4)cc3F)cc(C#N)c2c1.CNc1ccc2c(=O)n(-c3ccc(NC(=O)NS(=O)(=O)c4ccc(Cl)s4)cc3F)cc(C(N)=O)c2c1.CNc1ccc2c(=O)n(-c3ccc(NC(=O)NS(=O)(=O)c4ccc(Cl)s4)cc3F)cc([N+](=O)[O-])c2c1.NC(=O)c1c(O)c2ccccc2c(=O)n1-c1ccc(NC(=O)NS(=O)(=O)c2ccc(Cl)s2)cc1F. The maximum absolute atomic E-state index is 15.1. The first-order chi connectivity index (χ1) is 67.1. The first-order valence-corrected chi connectivity index (χ1v) is 50.0. The van der Waals surface area contributed by atoms with Crippen LogP contribution in [0, 0.1) is 44.7 Å². The number of carbonyl (C=O) groups excluding carboxylic acids is 6. The smallest absolute Gasteiger partial charge is 0.333 e. The third-order valence-corrected chi connectivity index (χ3v) is 32.0. The summed E-state index contributed by atoms with van der Waals surface area (Å²) in [6.45, 7) is 0. The molecule has 8 aromatic heterocycles. The predicted molar refractivity (Wildman–Crippen MR) is 531 cm³/mol. The van der Waals surface area contributed by atoms with Gasteiger partial charge in [0.1, 0.15) is 46.2 Å². The van der Waals surface area contributed by atoms with Crippen molar-refractivity contribution in [2.24, 2.45) is 11.5 Å². The number of nitro groups is 1. The maximum atomic E-state index is 15.1. The van der Waals surface area contributed by atoms with Crippen LogP contribution in [0.15, 0.2) is 255 Å². The number of benzene rings is 8. The van der Waals surface area contributed by atoms with Crippen molar-refractivity contribution in [3.63, 3.8) is 0 Å². The fraction of sp³-hybridized carbons (Fsp3) is 0.0349. The number of pyridine rings is 4. The molecular weight excluding hydrogens is 2110 g/mol. The molecule has 142 heavy (non-hydrogen) atoms. The first-order valence-electron chi connectivity index (χ1n) is 39.3. The lowest BCUT2D eigenvalue weighted by molar-refractivity contribution is -0.383. The third-order valence-electron chi connectivity index (χ3n) is 19.8. The van der Waals surface area contributed by atoms with Gasteiger partial charge in [0, 0.05) is 100 Å². The Bertz CT molecular complexity index is 8530. The van der Waals surface area contributed by atoms with Crippen molar-refractivity contribution in [1.29, 1.82) is 5.26 Å². The highest BCUT2D eigenvalue weighted by atomic mass is 35.5. The van der Waals surface area contributed by atoms with Crippen LogP contribution in [0.25, 0.3) is 65.8 Å². The number of anilines is 7. The zero-order chi connectivity index (χ0) is 103. The van der Waals surface area contributed by atoms with Crippen molar-refractivity contribution >= 4 is 256 Å². The van der Waals surface area contributed by atoms with E-state index < -0.39 is 149 Å². The van der Waals surface area contributed by atoms with Crippen LogP contribution in [0.1, 0.15) is 26.4 Å². The monoisotopic (exact) mass is 2170 g/mol. The summed E-state index contributed by atoms with van der Waals surface area (Å²) in [4.78, 5) is 136. The molecule has 0 spiro atoms. The Labute approximate surface area is 831 Å². The fourth-order valence-electron chi connectivity index (χ4n) is 13.4. The van der Waals surface area contributed by atoms with Gasteiger partial charge in [0.15, 0.2) is 11.4 Å². The van der Waals surface area contributed by atoms with Crippen LogP contribution in [0.5, 0.6) is 5.75 Å². The number of aromatic hydroxyl groups is 1. The van der Waals surface area contributed by atoms with Crippen molar-refractivity contribution in [3.8, 4) is 34.6 Å². The molecule has 16 aromatic rings. The van der Waals surface area contributed by atoms with Crippen LogP contribution >= 0.6 is 91.8 Å². The molecule has 10 amide bonds. The number of primary amides is 2. The Kier molecular flexibility index (Phi) is 31.0. The van der Waals surface area contributed by atoms with Crippen LogP contribution in [0.3, 0.4) is 0 Å². The predicted octanol–water partition coefficient (Wildman–Crippen LogP) is 15.2. The van der Waals surface area contributed by atoms with Gasteiger partial charge >= 0.3 is 24.1 Å². The normalized spacial score (nSPS) is 11.3. The van der Waals surface area contributed by atoms with Crippen molar-refractivity contribution in [1.82, 2.24) is 37.2 Å². The number of thiophene rings is 4. The number of halogens is 8. The van der Waals surface area contributed by atoms with E-state index >= 15 is 8.78 Å². The van der Waals surface area contributed by atoms with Crippen LogP contribution in [0.2, 0.25) is 17.3 Å². The highest BCUT2D eigenvalue weighted by Crippen LogP contribution is 2.36. The highest BCUT2D eigenvalue weighted by Gasteiger charge is 2.30. The molecule has 730 valence electrons. The summed E-state index contributed by atoms with van der Waals surface area (Å²) in [5.41, 5.74) is 7.66. The summed E-state index contributed by atoms with van der Waals surface area (Å²) in [6.07, 6.45) is 3.30. The summed E-state index contributed by atoms with van der Waals surface area (Å²) in [7, 11) is -11.8. The number of urea groups is 4. The number of carbonyl (C=O) groups is 6. The minimum atomic E-state index is -4.21. The number of fused-ring (bicyclic) bond motifs is 4. The molecule has 0 unspecified atom stereocenters. The average Bonchev–Trinajstić information content (AvgIpc) is 1.44. The van der Waals surface area contributed by atoms with Crippen molar-refractivity contribution < 1.29 is 90.0 Å². The Morgan fingerprint density at radius 3 is 1.01 bits per heavy atom. The zero-order valence-electron chi connectivity index (χ0n) is 71.5. The zero-order valence-corrected chi connectivity index (χ0v) is 81.1. The van der Waals surface area contributed by atoms with E-state index in [1.807, 2.05) is 10.8 Å². The van der Waals surface area contributed by atoms with E-state index in [1.54, 1.807) is 71.7 Å². The van der Waals surface area contributed by atoms with Crippen LogP contribution in [-0.2, 0) is 40.1 Å². The summed E-state index contributed by atoms with van der Waals surface area (Å²) in [5, 5.41) is 50.5. The number of amides is 10. The molecule has 0 radical (unpaired) electrons. The number of hydrogen-bond acceptors (Lipinski definition) is 29. The Hall–Kier alpha value is -15.8. The van der Waals surface area contributed by atoms with Gasteiger partial charge in [-0.1, -0.05) is 64.6 Å². The van der Waals surface area contributed by atoms with E-state index in [-0.39, 0.29) is 117 Å². The van der Waals surface area contributed by atoms with Gasteiger partial charge in [0.05, 0.1) is 78.5 Å². The second-order valence-corrected chi connectivity index (χ2v) is 43.3. The van der Waals surface area contributed by atoms with Gasteiger partial charge in [-0.25, -0.2) is 89.3 Å². The fourth-order valence-corrected chi connectivity index (χ4v) is 23.0. The van der Waals surface area contributed by atoms with E-state index in [2.05, 4.69) is 37.2 Å². The first kappa shape index (κ1) is 104. The molecule has 0 aliphatic heterocycles. The molecule has 0 saturated heterocycles. The molecule has 0 aliphatic rings. The Balaban J connectivity index is 0.000000159. The number of rotatable bonds is 22. The largest absolute Gasteiger partial charge is 0.505 e. The lowest BCUT2D eigenvalue weighted by Gasteiger charge is -2.16. The van der Waals surface area contributed by atoms with Gasteiger partial charge < -0.3 is 53.8 Å². The van der Waals surface area contributed by atoms with Gasteiger partial charge in [-0.2, -0.15) is 5.26 Å². The van der Waals surface area contributed by atoms with E-state index in [4.69, 9.17) is 57.9 Å². The minimum absolute atomic E-state index is 0.00145. The van der Waals surface area contributed by atoms with E-state index in [1.165, 1.54) is 128 Å². The second kappa shape index (κ2) is 42.5. The van der Waals surface area contributed by atoms with Gasteiger partial charge in [0.2, 0.25) is 0 Å². The molecule has 0 aliphatic carbocycles. The topological polar surface area (TPSA) is 599 Å². The molecular formula is C86H61Cl4F4N19O21S8. The summed E-state index contributed by atoms with van der Waals surface area (Å²) < 4.78 is 169. The molecule has 8 heterocycles.